The van der Waals surface area contributed by atoms with Crippen molar-refractivity contribution in [3.05, 3.63) is 42.0 Å². The van der Waals surface area contributed by atoms with E-state index in [1.807, 2.05) is 13.8 Å². The number of hydrogen-bond donors (Lipinski definition) is 10. The number of unbranched alkanes of at least 4 members (excludes halogenated alkanes) is 2. The summed E-state index contributed by atoms with van der Waals surface area (Å²) in [6.07, 6.45) is 5.95. The van der Waals surface area contributed by atoms with Crippen LogP contribution in [0.15, 0.2) is 36.4 Å². The number of nitrogens with one attached hydrogen (secondary N) is 5. The van der Waals surface area contributed by atoms with E-state index in [1.165, 1.54) is 12.1 Å². The van der Waals surface area contributed by atoms with E-state index in [2.05, 4.69) is 26.6 Å². The van der Waals surface area contributed by atoms with Gasteiger partial charge in [-0.15, -0.1) is 0 Å². The summed E-state index contributed by atoms with van der Waals surface area (Å²) in [5, 5.41) is 32.8. The van der Waals surface area contributed by atoms with Gasteiger partial charge in [-0.05, 0) is 94.5 Å². The maximum absolute atomic E-state index is 13.9. The van der Waals surface area contributed by atoms with Crippen LogP contribution in [0.1, 0.15) is 77.2 Å². The lowest BCUT2D eigenvalue weighted by molar-refractivity contribution is -0.142. The third kappa shape index (κ3) is 15.5. The number of nitrogens with two attached hydrogens (primary N) is 3. The van der Waals surface area contributed by atoms with E-state index in [1.54, 1.807) is 24.3 Å². The average molecular weight is 717 g/mol. The number of phenolic OH excluding ortho intramolecular Hbond substituents is 1. The molecule has 0 aromatic heterocycles. The predicted octanol–water partition coefficient (Wildman–Crippen LogP) is -0.575. The Morgan fingerprint density at radius 2 is 1.35 bits per heavy atom. The largest absolute Gasteiger partial charge is 0.508 e. The Kier molecular flexibility index (Phi) is 18.7. The van der Waals surface area contributed by atoms with Gasteiger partial charge in [-0.2, -0.15) is 0 Å². The zero-order valence-electron chi connectivity index (χ0n) is 29.6. The minimum Gasteiger partial charge on any atom is -0.508 e. The molecule has 0 aliphatic carbocycles. The Morgan fingerprint density at radius 3 is 1.90 bits per heavy atom. The van der Waals surface area contributed by atoms with Gasteiger partial charge >= 0.3 is 5.97 Å². The summed E-state index contributed by atoms with van der Waals surface area (Å²) in [6, 6.07) is -0.820. The van der Waals surface area contributed by atoms with Crippen molar-refractivity contribution in [2.75, 3.05) is 13.1 Å². The molecule has 0 spiro atoms. The van der Waals surface area contributed by atoms with Gasteiger partial charge in [-0.25, -0.2) is 4.79 Å². The first-order valence-electron chi connectivity index (χ1n) is 17.6. The number of phenols is 1. The fraction of sp³-hybridized carbons (Fsp3) is 0.600. The van der Waals surface area contributed by atoms with Gasteiger partial charge in [0.2, 0.25) is 29.5 Å². The molecule has 0 unspecified atom stereocenters. The molecule has 0 radical (unpaired) electrons. The highest BCUT2D eigenvalue weighted by Gasteiger charge is 2.33. The van der Waals surface area contributed by atoms with Gasteiger partial charge in [0.25, 0.3) is 0 Å². The number of rotatable bonds is 17. The second-order valence-electron chi connectivity index (χ2n) is 13.3. The van der Waals surface area contributed by atoms with Gasteiger partial charge < -0.3 is 54.0 Å². The monoisotopic (exact) mass is 716 g/mol. The molecule has 1 aliphatic heterocycles. The van der Waals surface area contributed by atoms with Crippen LogP contribution < -0.4 is 43.8 Å². The predicted molar refractivity (Wildman–Crippen MR) is 191 cm³/mol. The maximum Gasteiger partial charge on any atom is 0.326 e. The van der Waals surface area contributed by atoms with Crippen LogP contribution in [0.4, 0.5) is 0 Å². The zero-order chi connectivity index (χ0) is 37.9. The number of carbonyl (C=O) groups is 6. The number of amides is 5. The van der Waals surface area contributed by atoms with E-state index in [4.69, 9.17) is 17.2 Å². The number of aromatic hydroxyl groups is 1. The summed E-state index contributed by atoms with van der Waals surface area (Å²) in [6.45, 7) is 4.39. The molecule has 0 bridgehead atoms. The van der Waals surface area contributed by atoms with Crippen LogP contribution in [0, 0.1) is 5.92 Å². The molecule has 2 rings (SSSR count). The van der Waals surface area contributed by atoms with Gasteiger partial charge in [0.15, 0.2) is 0 Å². The van der Waals surface area contributed by atoms with Crippen LogP contribution in [-0.2, 0) is 35.2 Å². The Bertz CT molecular complexity index is 1340. The molecule has 6 atom stereocenters. The number of hydrogen-bond acceptors (Lipinski definition) is 10. The molecule has 0 saturated carbocycles. The molecule has 1 aliphatic rings. The normalized spacial score (nSPS) is 22.0. The molecule has 1 aromatic carbocycles. The number of carbonyl (C=O) groups excluding carboxylic acids is 5. The minimum atomic E-state index is -1.27. The minimum absolute atomic E-state index is 0.00641. The van der Waals surface area contributed by atoms with Crippen LogP contribution >= 0.6 is 0 Å². The van der Waals surface area contributed by atoms with Crippen LogP contribution in [0.25, 0.3) is 0 Å². The third-order valence-electron chi connectivity index (χ3n) is 8.39. The molecule has 0 fully saturated rings. The Labute approximate surface area is 299 Å². The molecule has 0 saturated heterocycles. The van der Waals surface area contributed by atoms with Crippen molar-refractivity contribution in [3.8, 4) is 5.75 Å². The topological polar surface area (TPSA) is 281 Å². The lowest BCUT2D eigenvalue weighted by Gasteiger charge is -2.27. The summed E-state index contributed by atoms with van der Waals surface area (Å²) in [7, 11) is 0. The zero-order valence-corrected chi connectivity index (χ0v) is 29.6. The summed E-state index contributed by atoms with van der Waals surface area (Å²) < 4.78 is 0. The van der Waals surface area contributed by atoms with E-state index in [0.29, 0.717) is 44.3 Å². The van der Waals surface area contributed by atoms with Crippen LogP contribution in [0.2, 0.25) is 0 Å². The second kappa shape index (κ2) is 22.3. The quantitative estimate of drug-likeness (QED) is 0.0719. The van der Waals surface area contributed by atoms with Crippen molar-refractivity contribution in [3.63, 3.8) is 0 Å². The molecule has 16 nitrogen and oxygen atoms in total. The lowest BCUT2D eigenvalue weighted by Crippen LogP contribution is -2.59. The molecule has 16 heteroatoms. The molecule has 51 heavy (non-hydrogen) atoms. The van der Waals surface area contributed by atoms with Gasteiger partial charge in [-0.1, -0.05) is 38.1 Å². The van der Waals surface area contributed by atoms with Crippen molar-refractivity contribution in [2.24, 2.45) is 23.1 Å². The summed E-state index contributed by atoms with van der Waals surface area (Å²) in [4.78, 5) is 79.5. The Morgan fingerprint density at radius 1 is 0.804 bits per heavy atom. The number of aliphatic carboxylic acids is 1. The molecule has 1 heterocycles. The van der Waals surface area contributed by atoms with E-state index in [9.17, 15) is 39.0 Å². The molecule has 284 valence electrons. The van der Waals surface area contributed by atoms with Gasteiger partial charge in [-0.3, -0.25) is 24.0 Å². The smallest absolute Gasteiger partial charge is 0.326 e. The van der Waals surface area contributed by atoms with Gasteiger partial charge in [0.1, 0.15) is 36.0 Å². The number of benzene rings is 1. The van der Waals surface area contributed by atoms with E-state index >= 15 is 0 Å². The van der Waals surface area contributed by atoms with Gasteiger partial charge in [0.05, 0.1) is 6.04 Å². The van der Waals surface area contributed by atoms with E-state index < -0.39 is 71.8 Å². The maximum atomic E-state index is 13.9. The fourth-order valence-corrected chi connectivity index (χ4v) is 5.47. The Balaban J connectivity index is 2.43. The van der Waals surface area contributed by atoms with Crippen molar-refractivity contribution in [2.45, 2.75) is 114 Å². The van der Waals surface area contributed by atoms with E-state index in [0.717, 1.165) is 0 Å². The molecule has 5 amide bonds. The second-order valence-corrected chi connectivity index (χ2v) is 13.3. The summed E-state index contributed by atoms with van der Waals surface area (Å²) in [5.41, 5.74) is 18.0. The number of carboxylic acid groups (broad SMARTS) is 1. The molecular formula is C35H56N8O8. The first-order chi connectivity index (χ1) is 24.2. The Hall–Kier alpha value is -4.54. The highest BCUT2D eigenvalue weighted by atomic mass is 16.4. The van der Waals surface area contributed by atoms with Crippen molar-refractivity contribution < 1.29 is 39.0 Å². The SMILES string of the molecule is CC(C)C[C@H](NC(=O)[C@H](Cc1ccc(O)cc1)NC(=O)[C@H]1C/C=C\C[C@@H](N)C(=O)N[C@@H](CCCCN)C(=O)N[C@@H](CCCCN)C(=O)N1)C(=O)O. The van der Waals surface area contributed by atoms with Crippen molar-refractivity contribution >= 4 is 35.5 Å². The van der Waals surface area contributed by atoms with Crippen molar-refractivity contribution in [1.82, 2.24) is 26.6 Å². The van der Waals surface area contributed by atoms with Crippen molar-refractivity contribution in [1.29, 1.82) is 0 Å². The summed E-state index contributed by atoms with van der Waals surface area (Å²) >= 11 is 0. The highest BCUT2D eigenvalue weighted by Crippen LogP contribution is 2.14. The lowest BCUT2D eigenvalue weighted by atomic mass is 10.0. The third-order valence-corrected chi connectivity index (χ3v) is 8.39. The average Bonchev–Trinajstić information content (AvgIpc) is 3.08. The van der Waals surface area contributed by atoms with Crippen LogP contribution in [0.5, 0.6) is 5.75 Å². The molecule has 13 N–H and O–H groups in total. The van der Waals surface area contributed by atoms with Crippen LogP contribution in [-0.4, -0.2) is 95.1 Å². The standard InChI is InChI=1S/C35H56N8O8/c1-21(2)19-29(35(50)51)43-34(49)28(20-22-13-15-23(44)16-14-22)42-33(48)26-10-4-3-9-24(38)30(45)39-25(11-5-7-17-36)31(46)41-27(32(47)40-26)12-6-8-18-37/h3-4,13-16,21,24-29,44H,5-12,17-20,36-38H2,1-2H3,(H,39,45)(H,40,47)(H,41,46)(H,42,48)(H,43,49)(H,50,51)/b4-3-/t24-,25+,26-,27+,28+,29+/m1/s1. The summed E-state index contributed by atoms with van der Waals surface area (Å²) in [5.74, 6) is -4.59. The highest BCUT2D eigenvalue weighted by molar-refractivity contribution is 5.96. The van der Waals surface area contributed by atoms with Gasteiger partial charge in [0, 0.05) is 6.42 Å². The fourth-order valence-electron chi connectivity index (χ4n) is 5.47. The number of carboxylic acids is 1. The molecule has 1 aromatic rings. The first-order valence-corrected chi connectivity index (χ1v) is 17.6. The molecular weight excluding hydrogens is 660 g/mol. The van der Waals surface area contributed by atoms with E-state index in [-0.39, 0.29) is 50.2 Å². The first kappa shape index (κ1) is 42.6. The van der Waals surface area contributed by atoms with Crippen LogP contribution in [0.3, 0.4) is 0 Å².